The van der Waals surface area contributed by atoms with E-state index in [2.05, 4.69) is 156 Å². The Hall–Kier alpha value is -8.74. The van der Waals surface area contributed by atoms with Crippen LogP contribution in [-0.2, 0) is 25.7 Å². The molecule has 2 aromatic heterocycles. The molecule has 8 aromatic carbocycles. The number of aromatic hydroxyl groups is 2. The van der Waals surface area contributed by atoms with Crippen molar-refractivity contribution in [3.8, 4) is 79.3 Å². The Kier molecular flexibility index (Phi) is 11.5. The van der Waals surface area contributed by atoms with Gasteiger partial charge in [0.2, 0.25) is 11.8 Å². The number of hydrogen-bond acceptors (Lipinski definition) is 6. The summed E-state index contributed by atoms with van der Waals surface area (Å²) in [6.07, 6.45) is 4.80. The number of benzene rings is 8. The molecule has 0 amide bonds. The van der Waals surface area contributed by atoms with E-state index in [1.807, 2.05) is 60.7 Å². The molecule has 0 aliphatic heterocycles. The molecule has 0 spiro atoms. The molecule has 1 aliphatic carbocycles. The normalized spacial score (nSPS) is 12.0. The summed E-state index contributed by atoms with van der Waals surface area (Å²) < 4.78 is 13.6. The zero-order valence-corrected chi connectivity index (χ0v) is 37.2. The molecule has 0 saturated carbocycles. The first-order valence-corrected chi connectivity index (χ1v) is 22.9. The second-order valence-electron chi connectivity index (χ2n) is 17.2. The highest BCUT2D eigenvalue weighted by atomic mass is 16.5. The third-order valence-corrected chi connectivity index (χ3v) is 12.7. The molecule has 8 bridgehead atoms. The van der Waals surface area contributed by atoms with E-state index in [-0.39, 0.29) is 11.5 Å². The van der Waals surface area contributed by atoms with Crippen molar-refractivity contribution in [3.05, 3.63) is 263 Å². The Bertz CT molecular complexity index is 3090. The van der Waals surface area contributed by atoms with Gasteiger partial charge < -0.3 is 19.7 Å². The number of pyridine rings is 2. The average Bonchev–Trinajstić information content (AvgIpc) is 3.39. The number of aromatic nitrogens is 2. The van der Waals surface area contributed by atoms with Gasteiger partial charge in [-0.2, -0.15) is 0 Å². The quantitative estimate of drug-likeness (QED) is 0.158. The van der Waals surface area contributed by atoms with Crippen LogP contribution in [0.1, 0.15) is 44.5 Å². The first kappa shape index (κ1) is 41.9. The van der Waals surface area contributed by atoms with Gasteiger partial charge in [-0.1, -0.05) is 158 Å². The molecule has 11 rings (SSSR count). The number of phenolic OH excluding ortho intramolecular Hbond substituents is 2. The Morgan fingerprint density at radius 2 is 0.603 bits per heavy atom. The smallest absolute Gasteiger partial charge is 0.219 e. The van der Waals surface area contributed by atoms with Crippen molar-refractivity contribution >= 4 is 0 Å². The van der Waals surface area contributed by atoms with E-state index < -0.39 is 0 Å². The first-order chi connectivity index (χ1) is 33.5. The molecule has 6 heteroatoms. The van der Waals surface area contributed by atoms with Crippen LogP contribution in [0.15, 0.2) is 219 Å². The lowest BCUT2D eigenvalue weighted by Crippen LogP contribution is -2.05. The van der Waals surface area contributed by atoms with Crippen molar-refractivity contribution in [2.45, 2.75) is 25.7 Å². The molecule has 1 aliphatic rings. The highest BCUT2D eigenvalue weighted by molar-refractivity contribution is 5.86. The van der Waals surface area contributed by atoms with E-state index in [9.17, 15) is 10.2 Å². The van der Waals surface area contributed by atoms with E-state index >= 15 is 0 Å². The van der Waals surface area contributed by atoms with Crippen LogP contribution in [0, 0.1) is 0 Å². The SMILES string of the molecule is Oc1c2cc(-c3ccccc3-c3ccccc3)cc1Cc1cccc(c1Oc1ccccn1)Cc1cc(-c3ccccc3-c3ccccc3)cc(c1O)Cc1cccc(c1Oc1ccccn1)C2. The first-order valence-electron chi connectivity index (χ1n) is 22.9. The Labute approximate surface area is 396 Å². The molecule has 0 fully saturated rings. The summed E-state index contributed by atoms with van der Waals surface area (Å²) in [5.74, 6) is 2.54. The maximum absolute atomic E-state index is 12.6. The third-order valence-electron chi connectivity index (χ3n) is 12.7. The summed E-state index contributed by atoms with van der Waals surface area (Å²) in [6.45, 7) is 0. The number of rotatable bonds is 8. The summed E-state index contributed by atoms with van der Waals surface area (Å²) >= 11 is 0. The molecule has 2 heterocycles. The van der Waals surface area contributed by atoms with Crippen molar-refractivity contribution < 1.29 is 19.7 Å². The van der Waals surface area contributed by atoms with Gasteiger partial charge in [0.1, 0.15) is 23.0 Å². The van der Waals surface area contributed by atoms with Gasteiger partial charge in [-0.15, -0.1) is 0 Å². The van der Waals surface area contributed by atoms with Crippen molar-refractivity contribution in [1.82, 2.24) is 9.97 Å². The standard InChI is InChI=1S/C62H46N2O4/c65-59-49-33-43-21-15-23-45(61(43)67-57-29-11-13-31-63-57)35-51-39-48(56-28-10-8-26-54(56)42-19-5-2-6-20-42)40-52(60(51)66)36-46-24-16-22-44(62(46)68-58-30-12-14-32-64-58)34-50(59)38-47(37-49)55-27-9-7-25-53(55)41-17-3-1-4-18-41/h1-32,37-40,65-66H,33-36H2. The highest BCUT2D eigenvalue weighted by Gasteiger charge is 2.24. The van der Waals surface area contributed by atoms with Gasteiger partial charge in [0.25, 0.3) is 0 Å². The average molecular weight is 883 g/mol. The van der Waals surface area contributed by atoms with Crippen LogP contribution in [0.5, 0.6) is 34.8 Å². The summed E-state index contributed by atoms with van der Waals surface area (Å²) in [6, 6.07) is 69.6. The predicted octanol–water partition coefficient (Wildman–Crippen LogP) is 14.8. The third kappa shape index (κ3) is 8.59. The number of fused-ring (bicyclic) bond motifs is 8. The summed E-state index contributed by atoms with van der Waals surface area (Å²) in [5, 5.41) is 25.2. The van der Waals surface area contributed by atoms with E-state index in [0.717, 1.165) is 89.0 Å². The lowest BCUT2D eigenvalue weighted by atomic mass is 9.86. The number of para-hydroxylation sites is 2. The molecule has 10 aromatic rings. The molecular formula is C62H46N2O4. The van der Waals surface area contributed by atoms with Crippen LogP contribution >= 0.6 is 0 Å². The minimum absolute atomic E-state index is 0.200. The lowest BCUT2D eigenvalue weighted by Gasteiger charge is -2.22. The molecule has 68 heavy (non-hydrogen) atoms. The number of hydrogen-bond donors (Lipinski definition) is 2. The molecule has 0 atom stereocenters. The van der Waals surface area contributed by atoms with Crippen molar-refractivity contribution in [3.63, 3.8) is 0 Å². The monoisotopic (exact) mass is 882 g/mol. The molecule has 0 saturated heterocycles. The van der Waals surface area contributed by atoms with Crippen LogP contribution in [0.4, 0.5) is 0 Å². The molecule has 0 radical (unpaired) electrons. The second-order valence-corrected chi connectivity index (χ2v) is 17.2. The largest absolute Gasteiger partial charge is 0.507 e. The van der Waals surface area contributed by atoms with Crippen LogP contribution in [-0.4, -0.2) is 20.2 Å². The fourth-order valence-corrected chi connectivity index (χ4v) is 9.52. The van der Waals surface area contributed by atoms with Gasteiger partial charge in [0.15, 0.2) is 0 Å². The fraction of sp³-hybridized carbons (Fsp3) is 0.0645. The molecular weight excluding hydrogens is 837 g/mol. The summed E-state index contributed by atoms with van der Waals surface area (Å²) in [7, 11) is 0. The highest BCUT2D eigenvalue weighted by Crippen LogP contribution is 2.44. The minimum atomic E-state index is 0.200. The Morgan fingerprint density at radius 3 is 0.926 bits per heavy atom. The van der Waals surface area contributed by atoms with E-state index in [1.165, 1.54) is 0 Å². The van der Waals surface area contributed by atoms with Gasteiger partial charge in [-0.05, 0) is 125 Å². The van der Waals surface area contributed by atoms with Crippen molar-refractivity contribution in [1.29, 1.82) is 0 Å². The maximum atomic E-state index is 12.6. The van der Waals surface area contributed by atoms with Crippen LogP contribution in [0.2, 0.25) is 0 Å². The van der Waals surface area contributed by atoms with Crippen molar-refractivity contribution in [2.75, 3.05) is 0 Å². The molecule has 328 valence electrons. The predicted molar refractivity (Wildman–Crippen MR) is 271 cm³/mol. The Morgan fingerprint density at radius 1 is 0.294 bits per heavy atom. The van der Waals surface area contributed by atoms with E-state index in [0.29, 0.717) is 48.9 Å². The van der Waals surface area contributed by atoms with E-state index in [4.69, 9.17) is 9.47 Å². The van der Waals surface area contributed by atoms with Gasteiger partial charge >= 0.3 is 0 Å². The lowest BCUT2D eigenvalue weighted by molar-refractivity contribution is 0.445. The van der Waals surface area contributed by atoms with Gasteiger partial charge in [0.05, 0.1) is 0 Å². The van der Waals surface area contributed by atoms with Gasteiger partial charge in [0, 0.05) is 50.2 Å². The van der Waals surface area contributed by atoms with E-state index in [1.54, 1.807) is 12.4 Å². The second kappa shape index (κ2) is 18.6. The molecule has 2 N–H and O–H groups in total. The maximum Gasteiger partial charge on any atom is 0.219 e. The fourth-order valence-electron chi connectivity index (χ4n) is 9.52. The Balaban J connectivity index is 1.15. The van der Waals surface area contributed by atoms with Crippen molar-refractivity contribution in [2.24, 2.45) is 0 Å². The molecule has 0 unspecified atom stereocenters. The zero-order chi connectivity index (χ0) is 45.8. The van der Waals surface area contributed by atoms with Crippen LogP contribution in [0.3, 0.4) is 0 Å². The topological polar surface area (TPSA) is 84.7 Å². The number of nitrogens with zero attached hydrogens (tertiary/aromatic N) is 2. The zero-order valence-electron chi connectivity index (χ0n) is 37.2. The molecule has 6 nitrogen and oxygen atoms in total. The summed E-state index contributed by atoms with van der Waals surface area (Å²) in [4.78, 5) is 9.16. The van der Waals surface area contributed by atoms with Crippen LogP contribution in [0.25, 0.3) is 44.5 Å². The summed E-state index contributed by atoms with van der Waals surface area (Å²) in [5.41, 5.74) is 14.8. The minimum Gasteiger partial charge on any atom is -0.507 e. The van der Waals surface area contributed by atoms with Crippen LogP contribution < -0.4 is 9.47 Å². The number of phenols is 2. The number of ether oxygens (including phenoxy) is 2. The van der Waals surface area contributed by atoms with Gasteiger partial charge in [-0.25, -0.2) is 9.97 Å². The van der Waals surface area contributed by atoms with Gasteiger partial charge in [-0.3, -0.25) is 0 Å².